The van der Waals surface area contributed by atoms with Crippen LogP contribution in [0.2, 0.25) is 5.02 Å². The van der Waals surface area contributed by atoms with E-state index in [0.717, 1.165) is 15.7 Å². The predicted molar refractivity (Wildman–Crippen MR) is 76.9 cm³/mol. The number of carbonyl (C=O) groups excluding carboxylic acids is 1. The molecule has 0 radical (unpaired) electrons. The van der Waals surface area contributed by atoms with Crippen molar-refractivity contribution in [1.29, 1.82) is 0 Å². The van der Waals surface area contributed by atoms with E-state index in [0.29, 0.717) is 17.4 Å². The number of halogens is 2. The summed E-state index contributed by atoms with van der Waals surface area (Å²) in [4.78, 5) is 11.6. The minimum atomic E-state index is 0.0638. The maximum absolute atomic E-state index is 11.6. The van der Waals surface area contributed by atoms with E-state index in [2.05, 4.69) is 41.8 Å². The number of hydrogen-bond acceptors (Lipinski definition) is 1. The highest BCUT2D eigenvalue weighted by Gasteiger charge is 2.06. The van der Waals surface area contributed by atoms with Crippen LogP contribution < -0.4 is 5.32 Å². The summed E-state index contributed by atoms with van der Waals surface area (Å²) in [6.07, 6.45) is 1.48. The van der Waals surface area contributed by atoms with Gasteiger partial charge in [-0.25, -0.2) is 0 Å². The van der Waals surface area contributed by atoms with E-state index in [-0.39, 0.29) is 5.91 Å². The van der Waals surface area contributed by atoms with Crippen LogP contribution in [-0.4, -0.2) is 5.91 Å². The summed E-state index contributed by atoms with van der Waals surface area (Å²) in [5.41, 5.74) is 0.832. The molecule has 0 unspecified atom stereocenters. The fourth-order valence-corrected chi connectivity index (χ4v) is 2.23. The van der Waals surface area contributed by atoms with Gasteiger partial charge in [0.15, 0.2) is 0 Å². The highest BCUT2D eigenvalue weighted by molar-refractivity contribution is 14.1. The van der Waals surface area contributed by atoms with E-state index in [1.165, 1.54) is 0 Å². The molecule has 0 saturated heterocycles. The topological polar surface area (TPSA) is 29.1 Å². The molecule has 0 aliphatic rings. The lowest BCUT2D eigenvalue weighted by molar-refractivity contribution is -0.116. The number of hydrogen-bond donors (Lipinski definition) is 1. The molecule has 1 N–H and O–H groups in total. The Labute approximate surface area is 115 Å². The molecule has 1 aromatic rings. The Balaban J connectivity index is 2.56. The predicted octanol–water partition coefficient (Wildman–Crippen LogP) is 4.32. The van der Waals surface area contributed by atoms with Gasteiger partial charge in [-0.3, -0.25) is 4.79 Å². The number of benzene rings is 1. The minimum Gasteiger partial charge on any atom is -0.325 e. The van der Waals surface area contributed by atoms with Gasteiger partial charge < -0.3 is 5.32 Å². The monoisotopic (exact) mass is 351 g/mol. The summed E-state index contributed by atoms with van der Waals surface area (Å²) in [6.45, 7) is 4.22. The van der Waals surface area contributed by atoms with Crippen LogP contribution in [0.3, 0.4) is 0 Å². The molecule has 1 amide bonds. The van der Waals surface area contributed by atoms with Crippen LogP contribution in [0, 0.1) is 9.49 Å². The molecule has 0 atom stereocenters. The third-order valence-corrected chi connectivity index (χ3v) is 3.28. The zero-order valence-electron chi connectivity index (χ0n) is 9.39. The first kappa shape index (κ1) is 13.8. The molecule has 0 spiro atoms. The molecule has 16 heavy (non-hydrogen) atoms. The maximum Gasteiger partial charge on any atom is 0.224 e. The van der Waals surface area contributed by atoms with E-state index in [4.69, 9.17) is 11.6 Å². The van der Waals surface area contributed by atoms with E-state index in [1.807, 2.05) is 12.1 Å². The van der Waals surface area contributed by atoms with Gasteiger partial charge in [0.1, 0.15) is 0 Å². The van der Waals surface area contributed by atoms with Gasteiger partial charge >= 0.3 is 0 Å². The SMILES string of the molecule is CC(C)CCC(=O)Nc1ccc(Cl)cc1I. The molecular weight excluding hydrogens is 336 g/mol. The molecule has 0 aliphatic heterocycles. The van der Waals surface area contributed by atoms with Crippen LogP contribution in [0.1, 0.15) is 26.7 Å². The van der Waals surface area contributed by atoms with Crippen molar-refractivity contribution in [2.24, 2.45) is 5.92 Å². The maximum atomic E-state index is 11.6. The van der Waals surface area contributed by atoms with Crippen molar-refractivity contribution in [2.75, 3.05) is 5.32 Å². The molecule has 0 fully saturated rings. The fourth-order valence-electron chi connectivity index (χ4n) is 1.22. The van der Waals surface area contributed by atoms with Crippen molar-refractivity contribution >= 4 is 45.8 Å². The summed E-state index contributed by atoms with van der Waals surface area (Å²) < 4.78 is 0.961. The number of rotatable bonds is 4. The summed E-state index contributed by atoms with van der Waals surface area (Å²) in [5, 5.41) is 3.57. The lowest BCUT2D eigenvalue weighted by atomic mass is 10.1. The average molecular weight is 352 g/mol. The molecule has 0 aliphatic carbocycles. The number of nitrogens with one attached hydrogen (secondary N) is 1. The number of carbonyl (C=O) groups is 1. The Hall–Kier alpha value is -0.290. The number of anilines is 1. The third kappa shape index (κ3) is 4.70. The summed E-state index contributed by atoms with van der Waals surface area (Å²) >= 11 is 8.00. The van der Waals surface area contributed by atoms with E-state index in [1.54, 1.807) is 6.07 Å². The molecule has 0 heterocycles. The smallest absolute Gasteiger partial charge is 0.224 e. The van der Waals surface area contributed by atoms with Crippen LogP contribution >= 0.6 is 34.2 Å². The zero-order chi connectivity index (χ0) is 12.1. The van der Waals surface area contributed by atoms with Crippen molar-refractivity contribution in [3.05, 3.63) is 26.8 Å². The Kier molecular flexibility index (Phi) is 5.55. The van der Waals surface area contributed by atoms with Crippen molar-refractivity contribution < 1.29 is 4.79 Å². The first-order valence-corrected chi connectivity index (χ1v) is 6.69. The minimum absolute atomic E-state index is 0.0638. The van der Waals surface area contributed by atoms with Crippen molar-refractivity contribution in [2.45, 2.75) is 26.7 Å². The summed E-state index contributed by atoms with van der Waals surface area (Å²) in [7, 11) is 0. The van der Waals surface area contributed by atoms with Crippen molar-refractivity contribution in [3.8, 4) is 0 Å². The molecule has 0 bridgehead atoms. The average Bonchev–Trinajstić information content (AvgIpc) is 2.19. The first-order valence-electron chi connectivity index (χ1n) is 5.24. The van der Waals surface area contributed by atoms with Gasteiger partial charge in [0.05, 0.1) is 5.69 Å². The van der Waals surface area contributed by atoms with Crippen molar-refractivity contribution in [3.63, 3.8) is 0 Å². The molecule has 0 saturated carbocycles. The highest BCUT2D eigenvalue weighted by Crippen LogP contribution is 2.22. The fraction of sp³-hybridized carbons (Fsp3) is 0.417. The van der Waals surface area contributed by atoms with Crippen molar-refractivity contribution in [1.82, 2.24) is 0 Å². The molecule has 2 nitrogen and oxygen atoms in total. The van der Waals surface area contributed by atoms with Gasteiger partial charge in [-0.15, -0.1) is 0 Å². The second-order valence-corrected chi connectivity index (χ2v) is 5.70. The van der Waals surface area contributed by atoms with E-state index >= 15 is 0 Å². The standard InChI is InChI=1S/C12H15ClINO/c1-8(2)3-6-12(16)15-11-5-4-9(13)7-10(11)14/h4-5,7-8H,3,6H2,1-2H3,(H,15,16). The highest BCUT2D eigenvalue weighted by atomic mass is 127. The van der Waals surface area contributed by atoms with Gasteiger partial charge in [0.2, 0.25) is 5.91 Å². The Morgan fingerprint density at radius 2 is 2.19 bits per heavy atom. The molecule has 1 aromatic carbocycles. The molecule has 1 rings (SSSR count). The summed E-state index contributed by atoms with van der Waals surface area (Å²) in [5.74, 6) is 0.615. The second-order valence-electron chi connectivity index (χ2n) is 4.10. The van der Waals surface area contributed by atoms with Gasteiger partial charge in [-0.1, -0.05) is 25.4 Å². The molecule has 88 valence electrons. The largest absolute Gasteiger partial charge is 0.325 e. The Morgan fingerprint density at radius 1 is 1.50 bits per heavy atom. The van der Waals surface area contributed by atoms with Crippen LogP contribution in [0.5, 0.6) is 0 Å². The quantitative estimate of drug-likeness (QED) is 0.804. The van der Waals surface area contributed by atoms with Gasteiger partial charge in [-0.2, -0.15) is 0 Å². The number of amides is 1. The lowest BCUT2D eigenvalue weighted by Crippen LogP contribution is -2.12. The molecular formula is C12H15ClINO. The van der Waals surface area contributed by atoms with Crippen LogP contribution in [-0.2, 0) is 4.79 Å². The van der Waals surface area contributed by atoms with Crippen LogP contribution in [0.15, 0.2) is 18.2 Å². The van der Waals surface area contributed by atoms with Crippen LogP contribution in [0.25, 0.3) is 0 Å². The molecule has 4 heteroatoms. The normalized spacial score (nSPS) is 10.6. The van der Waals surface area contributed by atoms with Gasteiger partial charge in [0, 0.05) is 15.0 Å². The van der Waals surface area contributed by atoms with E-state index < -0.39 is 0 Å². The van der Waals surface area contributed by atoms with Crippen LogP contribution in [0.4, 0.5) is 5.69 Å². The van der Waals surface area contributed by atoms with Gasteiger partial charge in [-0.05, 0) is 53.1 Å². The molecule has 0 aromatic heterocycles. The Morgan fingerprint density at radius 3 is 2.75 bits per heavy atom. The summed E-state index contributed by atoms with van der Waals surface area (Å²) in [6, 6.07) is 5.44. The second kappa shape index (κ2) is 6.45. The Bertz CT molecular complexity index is 379. The zero-order valence-corrected chi connectivity index (χ0v) is 12.3. The first-order chi connectivity index (χ1) is 7.49. The van der Waals surface area contributed by atoms with E-state index in [9.17, 15) is 4.79 Å². The lowest BCUT2D eigenvalue weighted by Gasteiger charge is -2.08. The van der Waals surface area contributed by atoms with Gasteiger partial charge in [0.25, 0.3) is 0 Å². The third-order valence-electron chi connectivity index (χ3n) is 2.15.